The normalized spacial score (nSPS) is 12.4. The lowest BCUT2D eigenvalue weighted by Crippen LogP contribution is -2.52. The van der Waals surface area contributed by atoms with Crippen molar-refractivity contribution < 1.29 is 18.0 Å². The molecule has 208 valence electrons. The Balaban J connectivity index is 1.83. The Kier molecular flexibility index (Phi) is 10.8. The highest BCUT2D eigenvalue weighted by molar-refractivity contribution is 7.89. The van der Waals surface area contributed by atoms with Crippen molar-refractivity contribution in [3.63, 3.8) is 0 Å². The highest BCUT2D eigenvalue weighted by Gasteiger charge is 2.31. The van der Waals surface area contributed by atoms with E-state index in [9.17, 15) is 18.0 Å². The summed E-state index contributed by atoms with van der Waals surface area (Å²) in [5.74, 6) is -0.400. The first-order chi connectivity index (χ1) is 18.6. The van der Waals surface area contributed by atoms with E-state index in [-0.39, 0.29) is 42.3 Å². The summed E-state index contributed by atoms with van der Waals surface area (Å²) in [6, 6.07) is 24.9. The molecule has 0 saturated carbocycles. The molecular weight excluding hydrogens is 510 g/mol. The van der Waals surface area contributed by atoms with Crippen molar-refractivity contribution in [1.29, 1.82) is 0 Å². The van der Waals surface area contributed by atoms with E-state index in [2.05, 4.69) is 5.32 Å². The molecule has 0 fully saturated rings. The van der Waals surface area contributed by atoms with Crippen LogP contribution in [0.4, 0.5) is 0 Å². The summed E-state index contributed by atoms with van der Waals surface area (Å²) in [6.07, 6.45) is 0.815. The maximum absolute atomic E-state index is 13.8. The number of carbonyl (C=O) groups excluding carboxylic acids is 2. The van der Waals surface area contributed by atoms with Gasteiger partial charge in [0, 0.05) is 39.0 Å². The van der Waals surface area contributed by atoms with E-state index < -0.39 is 16.1 Å². The molecule has 1 atom stereocenters. The molecule has 3 aromatic rings. The fraction of sp³-hybridized carbons (Fsp3) is 0.355. The predicted molar refractivity (Wildman–Crippen MR) is 154 cm³/mol. The number of nitrogens with one attached hydrogen (secondary N) is 1. The van der Waals surface area contributed by atoms with E-state index in [4.69, 9.17) is 0 Å². The van der Waals surface area contributed by atoms with E-state index in [1.807, 2.05) is 75.4 Å². The molecule has 0 aromatic heterocycles. The number of amides is 2. The smallest absolute Gasteiger partial charge is 0.243 e. The molecule has 2 amide bonds. The SMILES string of the molecule is Cc1ccccc1CN(C(=O)CCCN(C)S(=O)(=O)c1ccccc1)C(Cc1ccccc1)C(=O)NC(C)C. The van der Waals surface area contributed by atoms with Crippen LogP contribution in [-0.2, 0) is 32.6 Å². The highest BCUT2D eigenvalue weighted by Crippen LogP contribution is 2.19. The topological polar surface area (TPSA) is 86.8 Å². The zero-order chi connectivity index (χ0) is 28.4. The number of aryl methyl sites for hydroxylation is 1. The molecule has 0 heterocycles. The molecule has 0 aliphatic rings. The zero-order valence-corrected chi connectivity index (χ0v) is 24.0. The van der Waals surface area contributed by atoms with Gasteiger partial charge in [0.05, 0.1) is 4.90 Å². The number of sulfonamides is 1. The summed E-state index contributed by atoms with van der Waals surface area (Å²) in [7, 11) is -2.13. The Labute approximate surface area is 232 Å². The van der Waals surface area contributed by atoms with Gasteiger partial charge in [-0.1, -0.05) is 72.8 Å². The summed E-state index contributed by atoms with van der Waals surface area (Å²) >= 11 is 0. The van der Waals surface area contributed by atoms with Gasteiger partial charge in [-0.3, -0.25) is 9.59 Å². The first-order valence-electron chi connectivity index (χ1n) is 13.3. The van der Waals surface area contributed by atoms with Gasteiger partial charge in [0.1, 0.15) is 6.04 Å². The van der Waals surface area contributed by atoms with Crippen LogP contribution in [0.1, 0.15) is 43.4 Å². The highest BCUT2D eigenvalue weighted by atomic mass is 32.2. The Hall–Kier alpha value is -3.49. The minimum atomic E-state index is -3.65. The lowest BCUT2D eigenvalue weighted by molar-refractivity contribution is -0.141. The Morgan fingerprint density at radius 3 is 2.08 bits per heavy atom. The van der Waals surface area contributed by atoms with Crippen LogP contribution in [0.25, 0.3) is 0 Å². The first-order valence-corrected chi connectivity index (χ1v) is 14.7. The number of rotatable bonds is 13. The molecule has 1 N–H and O–H groups in total. The minimum absolute atomic E-state index is 0.0805. The lowest BCUT2D eigenvalue weighted by atomic mass is 10.0. The van der Waals surface area contributed by atoms with E-state index in [1.54, 1.807) is 35.2 Å². The number of nitrogens with zero attached hydrogens (tertiary/aromatic N) is 2. The van der Waals surface area contributed by atoms with Gasteiger partial charge in [-0.2, -0.15) is 0 Å². The Bertz CT molecular complexity index is 1330. The van der Waals surface area contributed by atoms with Crippen LogP contribution in [0, 0.1) is 6.92 Å². The van der Waals surface area contributed by atoms with E-state index in [0.29, 0.717) is 12.8 Å². The minimum Gasteiger partial charge on any atom is -0.352 e. The molecule has 3 aromatic carbocycles. The molecule has 1 unspecified atom stereocenters. The van der Waals surface area contributed by atoms with Gasteiger partial charge in [0.15, 0.2) is 0 Å². The van der Waals surface area contributed by atoms with Gasteiger partial charge < -0.3 is 10.2 Å². The number of benzene rings is 3. The van der Waals surface area contributed by atoms with Crippen molar-refractivity contribution >= 4 is 21.8 Å². The van der Waals surface area contributed by atoms with Crippen molar-refractivity contribution in [3.05, 3.63) is 102 Å². The van der Waals surface area contributed by atoms with E-state index in [0.717, 1.165) is 16.7 Å². The summed E-state index contributed by atoms with van der Waals surface area (Å²) in [6.45, 7) is 6.25. The van der Waals surface area contributed by atoms with Gasteiger partial charge >= 0.3 is 0 Å². The summed E-state index contributed by atoms with van der Waals surface area (Å²) < 4.78 is 27.1. The van der Waals surface area contributed by atoms with Crippen LogP contribution in [0.5, 0.6) is 0 Å². The van der Waals surface area contributed by atoms with Crippen molar-refractivity contribution in [2.75, 3.05) is 13.6 Å². The molecule has 7 nitrogen and oxygen atoms in total. The lowest BCUT2D eigenvalue weighted by Gasteiger charge is -2.32. The molecular formula is C31H39N3O4S. The van der Waals surface area contributed by atoms with E-state index in [1.165, 1.54) is 11.4 Å². The van der Waals surface area contributed by atoms with Crippen LogP contribution in [0.15, 0.2) is 89.8 Å². The standard InChI is InChI=1S/C31H39N3O4S/c1-24(2)32-31(36)29(22-26-15-7-5-8-16-26)34(23-27-17-12-11-14-25(27)3)30(35)20-13-21-33(4)39(37,38)28-18-9-6-10-19-28/h5-12,14-19,24,29H,13,20-23H2,1-4H3,(H,32,36). The van der Waals surface area contributed by atoms with Crippen molar-refractivity contribution in [3.8, 4) is 0 Å². The van der Waals surface area contributed by atoms with Gasteiger partial charge in [0.25, 0.3) is 0 Å². The van der Waals surface area contributed by atoms with Crippen LogP contribution in [0.3, 0.4) is 0 Å². The maximum atomic E-state index is 13.8. The third kappa shape index (κ3) is 8.50. The van der Waals surface area contributed by atoms with Crippen molar-refractivity contribution in [1.82, 2.24) is 14.5 Å². The monoisotopic (exact) mass is 549 g/mol. The van der Waals surface area contributed by atoms with Gasteiger partial charge in [-0.05, 0) is 56.0 Å². The molecule has 0 spiro atoms. The van der Waals surface area contributed by atoms with Crippen molar-refractivity contribution in [2.45, 2.75) is 63.6 Å². The molecule has 39 heavy (non-hydrogen) atoms. The fourth-order valence-electron chi connectivity index (χ4n) is 4.39. The van der Waals surface area contributed by atoms with Gasteiger partial charge in [-0.15, -0.1) is 0 Å². The molecule has 3 rings (SSSR count). The summed E-state index contributed by atoms with van der Waals surface area (Å²) in [4.78, 5) is 29.1. The maximum Gasteiger partial charge on any atom is 0.243 e. The van der Waals surface area contributed by atoms with Crippen LogP contribution in [-0.4, -0.2) is 55.1 Å². The van der Waals surface area contributed by atoms with Gasteiger partial charge in [0.2, 0.25) is 21.8 Å². The van der Waals surface area contributed by atoms with Crippen molar-refractivity contribution in [2.24, 2.45) is 0 Å². The molecule has 0 aliphatic heterocycles. The Morgan fingerprint density at radius 2 is 1.46 bits per heavy atom. The fourth-order valence-corrected chi connectivity index (χ4v) is 5.63. The summed E-state index contributed by atoms with van der Waals surface area (Å²) in [5.41, 5.74) is 2.95. The van der Waals surface area contributed by atoms with Crippen LogP contribution >= 0.6 is 0 Å². The third-order valence-corrected chi connectivity index (χ3v) is 8.49. The number of hydrogen-bond acceptors (Lipinski definition) is 4. The zero-order valence-electron chi connectivity index (χ0n) is 23.2. The second-order valence-corrected chi connectivity index (χ2v) is 12.1. The van der Waals surface area contributed by atoms with Crippen LogP contribution in [0.2, 0.25) is 0 Å². The molecule has 0 bridgehead atoms. The number of carbonyl (C=O) groups is 2. The molecule has 0 aliphatic carbocycles. The second-order valence-electron chi connectivity index (χ2n) is 10.1. The third-order valence-electron chi connectivity index (χ3n) is 6.62. The molecule has 0 saturated heterocycles. The predicted octanol–water partition coefficient (Wildman–Crippen LogP) is 4.56. The quantitative estimate of drug-likeness (QED) is 0.339. The molecule has 0 radical (unpaired) electrons. The second kappa shape index (κ2) is 14.1. The largest absolute Gasteiger partial charge is 0.352 e. The van der Waals surface area contributed by atoms with Crippen LogP contribution < -0.4 is 5.32 Å². The average Bonchev–Trinajstić information content (AvgIpc) is 2.92. The van der Waals surface area contributed by atoms with E-state index >= 15 is 0 Å². The molecule has 8 heteroatoms. The number of hydrogen-bond donors (Lipinski definition) is 1. The average molecular weight is 550 g/mol. The van der Waals surface area contributed by atoms with Gasteiger partial charge in [-0.25, -0.2) is 12.7 Å². The Morgan fingerprint density at radius 1 is 0.872 bits per heavy atom. The summed E-state index contributed by atoms with van der Waals surface area (Å²) in [5, 5.41) is 2.99. The first kappa shape index (κ1) is 30.1.